The van der Waals surface area contributed by atoms with Gasteiger partial charge in [-0.25, -0.2) is 4.79 Å². The summed E-state index contributed by atoms with van der Waals surface area (Å²) in [5.41, 5.74) is -0.0439. The van der Waals surface area contributed by atoms with Crippen molar-refractivity contribution in [3.05, 3.63) is 56.5 Å². The van der Waals surface area contributed by atoms with Crippen molar-refractivity contribution in [1.82, 2.24) is 20.0 Å². The topological polar surface area (TPSA) is 77.5 Å². The van der Waals surface area contributed by atoms with Crippen LogP contribution >= 0.6 is 46.4 Å². The van der Waals surface area contributed by atoms with Gasteiger partial charge in [-0.2, -0.15) is 0 Å². The van der Waals surface area contributed by atoms with Crippen LogP contribution in [-0.4, -0.2) is 103 Å². The zero-order valence-electron chi connectivity index (χ0n) is 30.4. The van der Waals surface area contributed by atoms with E-state index in [2.05, 4.69) is 35.9 Å². The molecule has 2 atom stereocenters. The molecule has 2 unspecified atom stereocenters. The molecule has 4 fully saturated rings. The van der Waals surface area contributed by atoms with E-state index in [0.29, 0.717) is 38.7 Å². The summed E-state index contributed by atoms with van der Waals surface area (Å²) in [6.45, 7) is 16.0. The molecule has 4 aliphatic heterocycles. The smallest absolute Gasteiger partial charge is 0.407 e. The highest BCUT2D eigenvalue weighted by Crippen LogP contribution is 2.36. The van der Waals surface area contributed by atoms with Crippen molar-refractivity contribution >= 4 is 52.5 Å². The largest absolute Gasteiger partial charge is 0.490 e. The number of likely N-dealkylation sites (tertiary alicyclic amines) is 3. The van der Waals surface area contributed by atoms with Crippen LogP contribution in [0.4, 0.5) is 4.79 Å². The van der Waals surface area contributed by atoms with E-state index in [0.717, 1.165) is 88.7 Å². The number of rotatable bonds is 8. The van der Waals surface area contributed by atoms with Gasteiger partial charge in [0.05, 0.1) is 20.1 Å². The number of hydrogen-bond acceptors (Lipinski definition) is 6. The molecule has 8 nitrogen and oxygen atoms in total. The molecule has 0 saturated carbocycles. The van der Waals surface area contributed by atoms with Gasteiger partial charge in [0.15, 0.2) is 0 Å². The lowest BCUT2D eigenvalue weighted by Gasteiger charge is -2.46. The van der Waals surface area contributed by atoms with Gasteiger partial charge in [-0.1, -0.05) is 67.2 Å². The van der Waals surface area contributed by atoms with Crippen molar-refractivity contribution in [1.29, 1.82) is 0 Å². The molecular formula is C39H56Cl4N4O4. The number of nitrogens with one attached hydrogen (secondary N) is 1. The Bertz CT molecular complexity index is 1410. The second-order valence-corrected chi connectivity index (χ2v) is 17.5. The van der Waals surface area contributed by atoms with Crippen molar-refractivity contribution in [2.24, 2.45) is 17.3 Å². The van der Waals surface area contributed by atoms with E-state index in [1.165, 1.54) is 32.5 Å². The van der Waals surface area contributed by atoms with Crippen molar-refractivity contribution in [3.63, 3.8) is 0 Å². The number of ether oxygens (including phenoxy) is 2. The molecule has 0 spiro atoms. The Morgan fingerprint density at radius 1 is 0.706 bits per heavy atom. The molecule has 51 heavy (non-hydrogen) atoms. The van der Waals surface area contributed by atoms with Gasteiger partial charge in [-0.3, -0.25) is 0 Å². The molecular weight excluding hydrogens is 730 g/mol. The van der Waals surface area contributed by atoms with Gasteiger partial charge in [0.1, 0.15) is 23.7 Å². The SMILES string of the molecule is CC(C)(C)C1CC(CN2CCC(Oc3ccc(Cl)c(Cl)c3)CC2)CCN1C(=O)O.Clc1ccc(OC2CCN(CC3CCNCC3)CC2)cc1Cl. The normalized spacial score (nSPS) is 23.4. The summed E-state index contributed by atoms with van der Waals surface area (Å²) in [6, 6.07) is 11.0. The minimum atomic E-state index is -0.788. The van der Waals surface area contributed by atoms with Crippen molar-refractivity contribution in [3.8, 4) is 11.5 Å². The lowest BCUT2D eigenvalue weighted by molar-refractivity contribution is 0.0250. The predicted molar refractivity (Wildman–Crippen MR) is 209 cm³/mol. The summed E-state index contributed by atoms with van der Waals surface area (Å²) in [5.74, 6) is 3.01. The van der Waals surface area contributed by atoms with Crippen molar-refractivity contribution in [2.45, 2.75) is 90.4 Å². The lowest BCUT2D eigenvalue weighted by atomic mass is 9.77. The number of hydrogen-bond donors (Lipinski definition) is 2. The monoisotopic (exact) mass is 784 g/mol. The number of benzene rings is 2. The molecule has 4 saturated heterocycles. The minimum Gasteiger partial charge on any atom is -0.490 e. The fourth-order valence-electron chi connectivity index (χ4n) is 7.95. The van der Waals surface area contributed by atoms with E-state index in [-0.39, 0.29) is 17.6 Å². The quantitative estimate of drug-likeness (QED) is 0.276. The molecule has 0 aromatic heterocycles. The van der Waals surface area contributed by atoms with Gasteiger partial charge in [0, 0.05) is 64.0 Å². The van der Waals surface area contributed by atoms with Gasteiger partial charge >= 0.3 is 6.09 Å². The Balaban J connectivity index is 0.000000205. The molecule has 12 heteroatoms. The zero-order chi connectivity index (χ0) is 36.5. The zero-order valence-corrected chi connectivity index (χ0v) is 33.4. The highest BCUT2D eigenvalue weighted by molar-refractivity contribution is 6.42. The standard InChI is InChI=1S/C22H32Cl2N2O3.C17H24Cl2N2O/c1-22(2,3)20-12-15(6-11-26(20)21(27)28)14-25-9-7-16(8-10-25)29-17-4-5-18(23)19(24)13-17;18-16-2-1-15(11-17(16)19)22-14-5-9-21(10-6-14)12-13-3-7-20-8-4-13/h4-5,13,15-16,20H,6-12,14H2,1-3H3,(H,27,28);1-2,11,13-14,20H,3-10,12H2. The highest BCUT2D eigenvalue weighted by Gasteiger charge is 2.39. The summed E-state index contributed by atoms with van der Waals surface area (Å²) in [6.07, 6.45) is 8.36. The van der Waals surface area contributed by atoms with E-state index in [1.54, 1.807) is 23.1 Å². The van der Waals surface area contributed by atoms with E-state index < -0.39 is 6.09 Å². The first kappa shape index (κ1) is 40.5. The van der Waals surface area contributed by atoms with Crippen molar-refractivity contribution in [2.75, 3.05) is 58.9 Å². The van der Waals surface area contributed by atoms with Gasteiger partial charge < -0.3 is 34.6 Å². The third-order valence-corrected chi connectivity index (χ3v) is 12.4. The third-order valence-electron chi connectivity index (χ3n) is 10.9. The van der Waals surface area contributed by atoms with E-state index >= 15 is 0 Å². The average Bonchev–Trinajstić information content (AvgIpc) is 3.10. The van der Waals surface area contributed by atoms with E-state index in [4.69, 9.17) is 55.9 Å². The summed E-state index contributed by atoms with van der Waals surface area (Å²) in [7, 11) is 0. The van der Waals surface area contributed by atoms with Gasteiger partial charge in [-0.05, 0) is 106 Å². The fourth-order valence-corrected chi connectivity index (χ4v) is 8.53. The van der Waals surface area contributed by atoms with Crippen LogP contribution in [0.1, 0.15) is 72.1 Å². The molecule has 2 aromatic carbocycles. The van der Waals surface area contributed by atoms with Crippen LogP contribution in [-0.2, 0) is 0 Å². The van der Waals surface area contributed by atoms with Crippen LogP contribution in [0, 0.1) is 17.3 Å². The predicted octanol–water partition coefficient (Wildman–Crippen LogP) is 9.48. The Hall–Kier alpha value is -1.65. The number of carboxylic acid groups (broad SMARTS) is 1. The fraction of sp³-hybridized carbons (Fsp3) is 0.667. The summed E-state index contributed by atoms with van der Waals surface area (Å²) in [4.78, 5) is 18.4. The molecule has 4 heterocycles. The third kappa shape index (κ3) is 12.4. The summed E-state index contributed by atoms with van der Waals surface area (Å²) in [5, 5.41) is 15.2. The molecule has 2 aromatic rings. The van der Waals surface area contributed by atoms with Crippen LogP contribution in [0.25, 0.3) is 0 Å². The maximum atomic E-state index is 11.6. The first-order valence-electron chi connectivity index (χ1n) is 18.7. The van der Waals surface area contributed by atoms with Crippen molar-refractivity contribution < 1.29 is 19.4 Å². The molecule has 0 radical (unpaired) electrons. The second kappa shape index (κ2) is 19.1. The van der Waals surface area contributed by atoms with E-state index in [9.17, 15) is 9.90 Å². The second-order valence-electron chi connectivity index (χ2n) is 15.8. The Morgan fingerprint density at radius 3 is 1.61 bits per heavy atom. The average molecular weight is 787 g/mol. The maximum Gasteiger partial charge on any atom is 0.407 e. The number of carbonyl (C=O) groups is 1. The summed E-state index contributed by atoms with van der Waals surface area (Å²) < 4.78 is 12.1. The molecule has 1 amide bonds. The number of halogens is 4. The number of amides is 1. The Morgan fingerprint density at radius 2 is 1.18 bits per heavy atom. The minimum absolute atomic E-state index is 0.0439. The van der Waals surface area contributed by atoms with Crippen LogP contribution in [0.15, 0.2) is 36.4 Å². The maximum absolute atomic E-state index is 11.6. The number of piperidine rings is 4. The van der Waals surface area contributed by atoms with Gasteiger partial charge in [0.2, 0.25) is 0 Å². The van der Waals surface area contributed by atoms with Gasteiger partial charge in [-0.15, -0.1) is 0 Å². The Labute approximate surface area is 325 Å². The first-order valence-corrected chi connectivity index (χ1v) is 20.2. The molecule has 4 aliphatic rings. The van der Waals surface area contributed by atoms with Crippen LogP contribution in [0.5, 0.6) is 11.5 Å². The molecule has 6 rings (SSSR count). The van der Waals surface area contributed by atoms with Crippen LogP contribution in [0.2, 0.25) is 20.1 Å². The first-order chi connectivity index (χ1) is 24.3. The molecule has 0 aliphatic carbocycles. The van der Waals surface area contributed by atoms with E-state index in [1.807, 2.05) is 18.2 Å². The highest BCUT2D eigenvalue weighted by atomic mass is 35.5. The van der Waals surface area contributed by atoms with Crippen LogP contribution < -0.4 is 14.8 Å². The lowest BCUT2D eigenvalue weighted by Crippen LogP contribution is -2.53. The van der Waals surface area contributed by atoms with Gasteiger partial charge in [0.25, 0.3) is 0 Å². The molecule has 0 bridgehead atoms. The summed E-state index contributed by atoms with van der Waals surface area (Å²) >= 11 is 24.0. The Kier molecular flexibility index (Phi) is 15.2. The number of nitrogens with zero attached hydrogens (tertiary/aromatic N) is 3. The van der Waals surface area contributed by atoms with Crippen LogP contribution in [0.3, 0.4) is 0 Å². The molecule has 284 valence electrons. The molecule has 2 N–H and O–H groups in total.